The van der Waals surface area contributed by atoms with E-state index in [0.717, 1.165) is 16.3 Å². The fourth-order valence-corrected chi connectivity index (χ4v) is 2.94. The normalized spacial score (nSPS) is 10.6. The van der Waals surface area contributed by atoms with Gasteiger partial charge >= 0.3 is 0 Å². The van der Waals surface area contributed by atoms with Crippen LogP contribution in [0.25, 0.3) is 0 Å². The lowest BCUT2D eigenvalue weighted by atomic mass is 10.1. The van der Waals surface area contributed by atoms with Crippen molar-refractivity contribution in [1.82, 2.24) is 10.3 Å². The second-order valence-electron chi connectivity index (χ2n) is 5.45. The Hall–Kier alpha value is -2.60. The third-order valence-corrected chi connectivity index (χ3v) is 4.29. The maximum atomic E-state index is 12.1. The van der Waals surface area contributed by atoms with Crippen molar-refractivity contribution in [2.45, 2.75) is 27.0 Å². The first-order valence-corrected chi connectivity index (χ1v) is 8.45. The van der Waals surface area contributed by atoms with Crippen molar-refractivity contribution in [2.24, 2.45) is 0 Å². The number of hydrogen-bond donors (Lipinski definition) is 1. The molecule has 3 rings (SSSR count). The molecule has 24 heavy (non-hydrogen) atoms. The van der Waals surface area contributed by atoms with Gasteiger partial charge in [0.25, 0.3) is 5.91 Å². The number of carbonyl (C=O) groups is 1. The first kappa shape index (κ1) is 16.3. The largest absolute Gasteiger partial charge is 0.486 e. The third-order valence-electron chi connectivity index (χ3n) is 3.47. The zero-order valence-electron chi connectivity index (χ0n) is 13.5. The number of benzene rings is 1. The average Bonchev–Trinajstić information content (AvgIpc) is 3.23. The van der Waals surface area contributed by atoms with Gasteiger partial charge in [-0.2, -0.15) is 0 Å². The van der Waals surface area contributed by atoms with Crippen LogP contribution in [0.5, 0.6) is 5.75 Å². The van der Waals surface area contributed by atoms with Gasteiger partial charge < -0.3 is 14.5 Å². The lowest BCUT2D eigenvalue weighted by molar-refractivity contribution is 0.0943. The Bertz CT molecular complexity index is 825. The first-order chi connectivity index (χ1) is 11.6. The van der Waals surface area contributed by atoms with Gasteiger partial charge in [-0.1, -0.05) is 17.7 Å². The number of rotatable bonds is 6. The molecule has 1 amide bonds. The first-order valence-electron chi connectivity index (χ1n) is 7.57. The van der Waals surface area contributed by atoms with Crippen LogP contribution in [0, 0.1) is 13.8 Å². The molecule has 3 aromatic rings. The quantitative estimate of drug-likeness (QED) is 0.739. The van der Waals surface area contributed by atoms with E-state index in [9.17, 15) is 4.79 Å². The molecule has 0 aliphatic heterocycles. The zero-order chi connectivity index (χ0) is 16.9. The molecule has 0 spiro atoms. The minimum atomic E-state index is -0.222. The van der Waals surface area contributed by atoms with E-state index in [0.29, 0.717) is 24.6 Å². The molecule has 0 radical (unpaired) electrons. The molecule has 2 aromatic heterocycles. The number of ether oxygens (including phenoxy) is 1. The number of furan rings is 1. The molecular weight excluding hydrogens is 324 g/mol. The summed E-state index contributed by atoms with van der Waals surface area (Å²) in [6.45, 7) is 4.75. The predicted octanol–water partition coefficient (Wildman–Crippen LogP) is 3.86. The Morgan fingerprint density at radius 3 is 2.96 bits per heavy atom. The van der Waals surface area contributed by atoms with Crippen molar-refractivity contribution in [3.8, 4) is 5.75 Å². The lowest BCUT2D eigenvalue weighted by Gasteiger charge is -2.08. The van der Waals surface area contributed by atoms with Crippen LogP contribution in [0.15, 0.2) is 46.4 Å². The number of aromatic nitrogens is 1. The highest BCUT2D eigenvalue weighted by Crippen LogP contribution is 2.21. The number of nitrogens with one attached hydrogen (secondary N) is 1. The average molecular weight is 342 g/mol. The van der Waals surface area contributed by atoms with E-state index < -0.39 is 0 Å². The van der Waals surface area contributed by atoms with Gasteiger partial charge in [0, 0.05) is 5.38 Å². The molecule has 0 aliphatic rings. The van der Waals surface area contributed by atoms with E-state index in [4.69, 9.17) is 9.15 Å². The van der Waals surface area contributed by atoms with Gasteiger partial charge in [0.15, 0.2) is 0 Å². The molecule has 1 aromatic carbocycles. The fourth-order valence-electron chi connectivity index (χ4n) is 2.25. The van der Waals surface area contributed by atoms with Crippen LogP contribution in [0.3, 0.4) is 0 Å². The third kappa shape index (κ3) is 4.02. The van der Waals surface area contributed by atoms with E-state index in [1.165, 1.54) is 16.9 Å². The van der Waals surface area contributed by atoms with Crippen molar-refractivity contribution in [3.63, 3.8) is 0 Å². The summed E-state index contributed by atoms with van der Waals surface area (Å²) in [6.07, 6.45) is 1.58. The zero-order valence-corrected chi connectivity index (χ0v) is 14.4. The number of thiazole rings is 1. The second-order valence-corrected chi connectivity index (χ2v) is 6.39. The van der Waals surface area contributed by atoms with E-state index >= 15 is 0 Å². The second kappa shape index (κ2) is 7.31. The molecule has 0 saturated heterocycles. The van der Waals surface area contributed by atoms with Crippen LogP contribution in [-0.2, 0) is 13.2 Å². The monoisotopic (exact) mass is 342 g/mol. The number of carbonyl (C=O) groups excluding carboxylic acids is 1. The topological polar surface area (TPSA) is 64.4 Å². The van der Waals surface area contributed by atoms with Crippen LogP contribution in [0.2, 0.25) is 0 Å². The Labute approximate surface area is 144 Å². The van der Waals surface area contributed by atoms with E-state index in [1.54, 1.807) is 17.7 Å². The number of hydrogen-bond acceptors (Lipinski definition) is 5. The Morgan fingerprint density at radius 1 is 1.33 bits per heavy atom. The van der Waals surface area contributed by atoms with Crippen LogP contribution < -0.4 is 10.1 Å². The molecule has 0 aliphatic carbocycles. The maximum Gasteiger partial charge on any atom is 0.271 e. The Balaban J connectivity index is 1.55. The van der Waals surface area contributed by atoms with E-state index in [1.807, 2.05) is 32.0 Å². The summed E-state index contributed by atoms with van der Waals surface area (Å²) < 4.78 is 11.0. The summed E-state index contributed by atoms with van der Waals surface area (Å²) in [5.41, 5.74) is 2.68. The highest BCUT2D eigenvalue weighted by atomic mass is 32.1. The van der Waals surface area contributed by atoms with Crippen LogP contribution in [0.1, 0.15) is 32.4 Å². The molecule has 2 heterocycles. The van der Waals surface area contributed by atoms with Crippen molar-refractivity contribution >= 4 is 17.2 Å². The van der Waals surface area contributed by atoms with Crippen LogP contribution in [0.4, 0.5) is 0 Å². The van der Waals surface area contributed by atoms with Crippen molar-refractivity contribution in [3.05, 3.63) is 69.6 Å². The maximum absolute atomic E-state index is 12.1. The summed E-state index contributed by atoms with van der Waals surface area (Å²) in [6, 6.07) is 9.63. The van der Waals surface area contributed by atoms with Crippen LogP contribution >= 0.6 is 11.3 Å². The van der Waals surface area contributed by atoms with Crippen molar-refractivity contribution in [2.75, 3.05) is 0 Å². The van der Waals surface area contributed by atoms with Gasteiger partial charge in [-0.05, 0) is 37.6 Å². The number of amides is 1. The van der Waals surface area contributed by atoms with Gasteiger partial charge in [0.05, 0.1) is 12.8 Å². The molecule has 0 atom stereocenters. The van der Waals surface area contributed by atoms with E-state index in [2.05, 4.69) is 16.4 Å². The molecule has 124 valence electrons. The molecular formula is C18H18N2O3S. The minimum absolute atomic E-state index is 0.222. The summed E-state index contributed by atoms with van der Waals surface area (Å²) >= 11 is 1.41. The highest BCUT2D eigenvalue weighted by molar-refractivity contribution is 7.09. The summed E-state index contributed by atoms with van der Waals surface area (Å²) in [7, 11) is 0. The van der Waals surface area contributed by atoms with Gasteiger partial charge in [-0.15, -0.1) is 11.3 Å². The molecule has 6 heteroatoms. The van der Waals surface area contributed by atoms with Crippen LogP contribution in [-0.4, -0.2) is 10.9 Å². The Morgan fingerprint density at radius 2 is 2.21 bits per heavy atom. The number of aryl methyl sites for hydroxylation is 2. The van der Waals surface area contributed by atoms with E-state index in [-0.39, 0.29) is 5.91 Å². The smallest absolute Gasteiger partial charge is 0.271 e. The van der Waals surface area contributed by atoms with Crippen molar-refractivity contribution in [1.29, 1.82) is 0 Å². The van der Waals surface area contributed by atoms with Crippen molar-refractivity contribution < 1.29 is 13.9 Å². The summed E-state index contributed by atoms with van der Waals surface area (Å²) in [5, 5.41) is 5.27. The molecule has 0 saturated carbocycles. The SMILES string of the molecule is Cc1ccc(OCc2nc(C(=O)NCc3ccco3)cs2)c(C)c1. The predicted molar refractivity (Wildman–Crippen MR) is 92.2 cm³/mol. The summed E-state index contributed by atoms with van der Waals surface area (Å²) in [5.74, 6) is 1.32. The Kier molecular flexibility index (Phi) is 4.96. The molecule has 0 fully saturated rings. The highest BCUT2D eigenvalue weighted by Gasteiger charge is 2.11. The molecule has 1 N–H and O–H groups in total. The van der Waals surface area contributed by atoms with Gasteiger partial charge in [0.2, 0.25) is 0 Å². The lowest BCUT2D eigenvalue weighted by Crippen LogP contribution is -2.22. The van der Waals surface area contributed by atoms with Gasteiger partial charge in [-0.25, -0.2) is 4.98 Å². The molecule has 0 unspecified atom stereocenters. The van der Waals surface area contributed by atoms with Gasteiger partial charge in [-0.3, -0.25) is 4.79 Å². The number of nitrogens with zero attached hydrogens (tertiary/aromatic N) is 1. The summed E-state index contributed by atoms with van der Waals surface area (Å²) in [4.78, 5) is 16.4. The van der Waals surface area contributed by atoms with Gasteiger partial charge in [0.1, 0.15) is 28.8 Å². The fraction of sp³-hybridized carbons (Fsp3) is 0.222. The standard InChI is InChI=1S/C18H18N2O3S/c1-12-5-6-16(13(2)8-12)23-10-17-20-15(11-24-17)18(21)19-9-14-4-3-7-22-14/h3-8,11H,9-10H2,1-2H3,(H,19,21). The molecule has 0 bridgehead atoms. The molecule has 5 nitrogen and oxygen atoms in total. The minimum Gasteiger partial charge on any atom is -0.486 e.